The Bertz CT molecular complexity index is 1630. The smallest absolute Gasteiger partial charge is 0.157 e. The Morgan fingerprint density at radius 1 is 0.690 bits per heavy atom. The summed E-state index contributed by atoms with van der Waals surface area (Å²) in [5.41, 5.74) is 11.3. The normalized spacial score (nSPS) is 11.5. The van der Waals surface area contributed by atoms with E-state index in [2.05, 4.69) is 70.3 Å². The van der Waals surface area contributed by atoms with E-state index in [4.69, 9.17) is 4.74 Å². The van der Waals surface area contributed by atoms with Crippen LogP contribution in [0.15, 0.2) is 49.1 Å². The number of unbranched alkanes of at least 4 members (excludes halogenated alkanes) is 4. The topological polar surface area (TPSA) is 92.4 Å². The molecule has 5 aromatic rings. The van der Waals surface area contributed by atoms with Gasteiger partial charge in [-0.05, 0) is 98.2 Å². The summed E-state index contributed by atoms with van der Waals surface area (Å²) in [6.07, 6.45) is 14.9. The molecule has 220 valence electrons. The SMILES string of the molecule is C=CCCCc1c(CCCC)c(CCCC)c(CCCC)c(-c2cccc3[nH]nnc23)c1Oc1cccc2[nH]nnc12. The average molecular weight is 565 g/mol. The molecule has 0 radical (unpaired) electrons. The van der Waals surface area contributed by atoms with Crippen LogP contribution in [0, 0.1) is 0 Å². The molecule has 5 rings (SSSR count). The largest absolute Gasteiger partial charge is 0.454 e. The van der Waals surface area contributed by atoms with Gasteiger partial charge in [-0.2, -0.15) is 0 Å². The third-order valence-electron chi connectivity index (χ3n) is 8.23. The number of nitrogens with one attached hydrogen (secondary N) is 2. The van der Waals surface area contributed by atoms with E-state index in [1.165, 1.54) is 22.3 Å². The third kappa shape index (κ3) is 6.10. The fraction of sp³-hybridized carbons (Fsp3) is 0.429. The van der Waals surface area contributed by atoms with Gasteiger partial charge in [-0.3, -0.25) is 10.2 Å². The van der Waals surface area contributed by atoms with Crippen LogP contribution in [0.2, 0.25) is 0 Å². The van der Waals surface area contributed by atoms with Crippen molar-refractivity contribution in [2.24, 2.45) is 0 Å². The Labute approximate surface area is 249 Å². The second-order valence-electron chi connectivity index (χ2n) is 11.2. The molecule has 0 aliphatic rings. The molecule has 42 heavy (non-hydrogen) atoms. The molecular formula is C35H44N6O. The summed E-state index contributed by atoms with van der Waals surface area (Å²) in [6, 6.07) is 12.3. The van der Waals surface area contributed by atoms with Crippen LogP contribution in [0.25, 0.3) is 33.2 Å². The van der Waals surface area contributed by atoms with Crippen molar-refractivity contribution in [1.29, 1.82) is 0 Å². The zero-order valence-corrected chi connectivity index (χ0v) is 25.4. The lowest BCUT2D eigenvalue weighted by Gasteiger charge is -2.27. The summed E-state index contributed by atoms with van der Waals surface area (Å²) < 4.78 is 7.12. The number of aromatic nitrogens is 6. The van der Waals surface area contributed by atoms with E-state index in [9.17, 15) is 0 Å². The number of H-pyrrole nitrogens is 2. The van der Waals surface area contributed by atoms with Gasteiger partial charge in [0.1, 0.15) is 11.3 Å². The van der Waals surface area contributed by atoms with Gasteiger partial charge >= 0.3 is 0 Å². The van der Waals surface area contributed by atoms with Crippen molar-refractivity contribution < 1.29 is 4.74 Å². The molecule has 2 N–H and O–H groups in total. The van der Waals surface area contributed by atoms with Gasteiger partial charge < -0.3 is 4.74 Å². The first kappa shape index (κ1) is 29.5. The van der Waals surface area contributed by atoms with E-state index >= 15 is 0 Å². The molecule has 0 fully saturated rings. The van der Waals surface area contributed by atoms with Gasteiger partial charge in [0, 0.05) is 11.1 Å². The van der Waals surface area contributed by atoms with Crippen molar-refractivity contribution in [3.05, 3.63) is 71.3 Å². The van der Waals surface area contributed by atoms with Gasteiger partial charge in [-0.1, -0.05) is 74.7 Å². The predicted octanol–water partition coefficient (Wildman–Crippen LogP) is 9.23. The number of benzene rings is 3. The quantitative estimate of drug-likeness (QED) is 0.0920. The Hall–Kier alpha value is -4.00. The Kier molecular flexibility index (Phi) is 10.0. The number of allylic oxidation sites excluding steroid dienone is 1. The Morgan fingerprint density at radius 3 is 1.93 bits per heavy atom. The maximum absolute atomic E-state index is 7.12. The first-order valence-electron chi connectivity index (χ1n) is 15.8. The number of nitrogens with zero attached hydrogens (tertiary/aromatic N) is 4. The first-order valence-corrected chi connectivity index (χ1v) is 15.8. The van der Waals surface area contributed by atoms with E-state index in [-0.39, 0.29) is 0 Å². The van der Waals surface area contributed by atoms with Crippen molar-refractivity contribution >= 4 is 22.1 Å². The fourth-order valence-electron chi connectivity index (χ4n) is 6.07. The van der Waals surface area contributed by atoms with Gasteiger partial charge in [0.15, 0.2) is 11.3 Å². The molecule has 0 bridgehead atoms. The Morgan fingerprint density at radius 2 is 1.26 bits per heavy atom. The number of fused-ring (bicyclic) bond motifs is 2. The number of ether oxygens (including phenoxy) is 1. The monoisotopic (exact) mass is 564 g/mol. The minimum absolute atomic E-state index is 0.712. The van der Waals surface area contributed by atoms with Gasteiger partial charge in [0.05, 0.1) is 11.0 Å². The van der Waals surface area contributed by atoms with Crippen LogP contribution < -0.4 is 4.74 Å². The standard InChI is InChI=1S/C35H44N6O/c1-5-9-13-19-27-25(17-11-7-3)24(16-10-6-2)26(18-12-8-4)32(28-20-14-21-29-33(28)38-40-36-29)35(27)42-31-23-15-22-30-34(31)39-41-37-30/h5,14-15,20-23H,1,6-13,16-19H2,2-4H3,(H,36,38,40)(H,37,39,41). The van der Waals surface area contributed by atoms with Gasteiger partial charge in [-0.25, -0.2) is 0 Å². The van der Waals surface area contributed by atoms with Gasteiger partial charge in [0.2, 0.25) is 0 Å². The summed E-state index contributed by atoms with van der Waals surface area (Å²) in [4.78, 5) is 0. The van der Waals surface area contributed by atoms with Crippen LogP contribution in [0.5, 0.6) is 11.5 Å². The highest BCUT2D eigenvalue weighted by atomic mass is 16.5. The molecule has 7 nitrogen and oxygen atoms in total. The van der Waals surface area contributed by atoms with Crippen LogP contribution in [0.4, 0.5) is 0 Å². The zero-order valence-electron chi connectivity index (χ0n) is 25.4. The number of hydrogen-bond acceptors (Lipinski definition) is 5. The average Bonchev–Trinajstić information content (AvgIpc) is 3.70. The van der Waals surface area contributed by atoms with Crippen LogP contribution in [-0.2, 0) is 25.7 Å². The maximum atomic E-state index is 7.12. The van der Waals surface area contributed by atoms with E-state index < -0.39 is 0 Å². The van der Waals surface area contributed by atoms with E-state index in [0.29, 0.717) is 5.75 Å². The maximum Gasteiger partial charge on any atom is 0.157 e. The molecule has 0 aliphatic carbocycles. The van der Waals surface area contributed by atoms with Gasteiger partial charge in [-0.15, -0.1) is 16.8 Å². The molecule has 0 saturated heterocycles. The first-order chi connectivity index (χ1) is 20.7. The summed E-state index contributed by atoms with van der Waals surface area (Å²) in [6.45, 7) is 10.9. The lowest BCUT2D eigenvalue weighted by atomic mass is 9.80. The second-order valence-corrected chi connectivity index (χ2v) is 11.2. The minimum Gasteiger partial charge on any atom is -0.454 e. The molecule has 2 aromatic heterocycles. The van der Waals surface area contributed by atoms with E-state index in [0.717, 1.165) is 116 Å². The molecular weight excluding hydrogens is 520 g/mol. The summed E-state index contributed by atoms with van der Waals surface area (Å²) in [7, 11) is 0. The summed E-state index contributed by atoms with van der Waals surface area (Å²) in [5.74, 6) is 1.64. The number of rotatable bonds is 16. The zero-order chi connectivity index (χ0) is 29.3. The molecule has 0 unspecified atom stereocenters. The number of hydrogen-bond donors (Lipinski definition) is 2. The van der Waals surface area contributed by atoms with E-state index in [1.54, 1.807) is 0 Å². The van der Waals surface area contributed by atoms with Gasteiger partial charge in [0.25, 0.3) is 0 Å². The van der Waals surface area contributed by atoms with Crippen molar-refractivity contribution in [2.75, 3.05) is 0 Å². The summed E-state index contributed by atoms with van der Waals surface area (Å²) in [5, 5.41) is 23.3. The highest BCUT2D eigenvalue weighted by molar-refractivity contribution is 5.95. The van der Waals surface area contributed by atoms with Crippen LogP contribution in [0.3, 0.4) is 0 Å². The second kappa shape index (κ2) is 14.3. The molecule has 0 atom stereocenters. The lowest BCUT2D eigenvalue weighted by Crippen LogP contribution is -2.11. The predicted molar refractivity (Wildman–Crippen MR) is 172 cm³/mol. The Balaban J connectivity index is 1.88. The molecule has 0 spiro atoms. The lowest BCUT2D eigenvalue weighted by molar-refractivity contribution is 0.478. The van der Waals surface area contributed by atoms with E-state index in [1.807, 2.05) is 30.3 Å². The molecule has 0 aliphatic heterocycles. The van der Waals surface area contributed by atoms with Crippen molar-refractivity contribution in [1.82, 2.24) is 30.8 Å². The highest BCUT2D eigenvalue weighted by Gasteiger charge is 2.27. The number of aromatic amines is 2. The molecule has 3 aromatic carbocycles. The van der Waals surface area contributed by atoms with Crippen molar-refractivity contribution in [3.8, 4) is 22.6 Å². The molecule has 2 heterocycles. The molecule has 0 amide bonds. The van der Waals surface area contributed by atoms with Crippen LogP contribution in [0.1, 0.15) is 94.4 Å². The van der Waals surface area contributed by atoms with Crippen LogP contribution >= 0.6 is 0 Å². The van der Waals surface area contributed by atoms with Crippen molar-refractivity contribution in [3.63, 3.8) is 0 Å². The minimum atomic E-state index is 0.712. The van der Waals surface area contributed by atoms with Crippen molar-refractivity contribution in [2.45, 2.75) is 97.8 Å². The fourth-order valence-corrected chi connectivity index (χ4v) is 6.07. The third-order valence-corrected chi connectivity index (χ3v) is 8.23. The van der Waals surface area contributed by atoms with Crippen LogP contribution in [-0.4, -0.2) is 30.8 Å². The summed E-state index contributed by atoms with van der Waals surface area (Å²) >= 11 is 0. The molecule has 7 heteroatoms. The highest BCUT2D eigenvalue weighted by Crippen LogP contribution is 2.47. The molecule has 0 saturated carbocycles.